The molecule has 0 aromatic heterocycles. The van der Waals surface area contributed by atoms with E-state index in [0.717, 1.165) is 5.56 Å². The molecule has 2 atom stereocenters. The van der Waals surface area contributed by atoms with Crippen molar-refractivity contribution in [2.75, 3.05) is 14.2 Å². The number of ether oxygens (including phenoxy) is 3. The third-order valence-corrected chi connectivity index (χ3v) is 3.21. The van der Waals surface area contributed by atoms with Crippen molar-refractivity contribution in [1.29, 1.82) is 0 Å². The number of carbonyl (C=O) groups is 1. The van der Waals surface area contributed by atoms with Gasteiger partial charge in [0.1, 0.15) is 6.10 Å². The third-order valence-electron chi connectivity index (χ3n) is 3.21. The van der Waals surface area contributed by atoms with E-state index in [2.05, 4.69) is 0 Å². The maximum atomic E-state index is 11.4. The van der Waals surface area contributed by atoms with Gasteiger partial charge in [-0.2, -0.15) is 0 Å². The summed E-state index contributed by atoms with van der Waals surface area (Å²) in [6.07, 6.45) is 4.20. The van der Waals surface area contributed by atoms with Crippen LogP contribution in [-0.4, -0.2) is 37.5 Å². The number of phenols is 1. The first-order chi connectivity index (χ1) is 9.62. The number of rotatable bonds is 4. The molecule has 1 saturated heterocycles. The maximum Gasteiger partial charge on any atom is 0.309 e. The lowest BCUT2D eigenvalue weighted by Crippen LogP contribution is -2.32. The highest BCUT2D eigenvalue weighted by Gasteiger charge is 2.26. The Morgan fingerprint density at radius 3 is 2.90 bits per heavy atom. The molecule has 20 heavy (non-hydrogen) atoms. The van der Waals surface area contributed by atoms with Crippen LogP contribution in [0.1, 0.15) is 18.4 Å². The lowest BCUT2D eigenvalue weighted by Gasteiger charge is -2.25. The highest BCUT2D eigenvalue weighted by molar-refractivity contribution is 5.71. The first kappa shape index (κ1) is 14.4. The molecule has 1 aliphatic heterocycles. The summed E-state index contributed by atoms with van der Waals surface area (Å²) in [5.41, 5.74) is 0.857. The molecule has 1 aromatic rings. The number of benzene rings is 1. The molecule has 0 bridgehead atoms. The quantitative estimate of drug-likeness (QED) is 0.855. The highest BCUT2D eigenvalue weighted by Crippen LogP contribution is 2.27. The van der Waals surface area contributed by atoms with E-state index < -0.39 is 0 Å². The summed E-state index contributed by atoms with van der Waals surface area (Å²) in [7, 11) is 3.09. The van der Waals surface area contributed by atoms with Gasteiger partial charge in [-0.25, -0.2) is 0 Å². The molecule has 108 valence electrons. The van der Waals surface area contributed by atoms with Crippen molar-refractivity contribution in [2.24, 2.45) is 0 Å². The molecule has 0 saturated carbocycles. The van der Waals surface area contributed by atoms with Gasteiger partial charge in [-0.1, -0.05) is 12.1 Å². The summed E-state index contributed by atoms with van der Waals surface area (Å²) in [5, 5.41) is 9.52. The molecule has 5 heteroatoms. The zero-order valence-electron chi connectivity index (χ0n) is 11.5. The van der Waals surface area contributed by atoms with Crippen LogP contribution in [0.25, 0.3) is 6.08 Å². The minimum absolute atomic E-state index is 0.0909. The molecule has 1 aliphatic rings. The number of methoxy groups -OCH3 is 2. The van der Waals surface area contributed by atoms with Crippen molar-refractivity contribution in [3.8, 4) is 11.5 Å². The van der Waals surface area contributed by atoms with Gasteiger partial charge in [-0.15, -0.1) is 0 Å². The van der Waals surface area contributed by atoms with Crippen molar-refractivity contribution >= 4 is 12.0 Å². The molecular weight excluding hydrogens is 260 g/mol. The maximum absolute atomic E-state index is 11.4. The second-order valence-corrected chi connectivity index (χ2v) is 4.62. The Labute approximate surface area is 117 Å². The predicted octanol–water partition coefficient (Wildman–Crippen LogP) is 2.13. The van der Waals surface area contributed by atoms with Crippen LogP contribution in [0, 0.1) is 0 Å². The van der Waals surface area contributed by atoms with Crippen molar-refractivity contribution in [2.45, 2.75) is 25.0 Å². The Hall–Kier alpha value is -2.01. The van der Waals surface area contributed by atoms with Crippen LogP contribution in [0.4, 0.5) is 0 Å². The van der Waals surface area contributed by atoms with Gasteiger partial charge in [0.05, 0.1) is 19.6 Å². The number of carbonyl (C=O) groups excluding carboxylic acids is 1. The summed E-state index contributed by atoms with van der Waals surface area (Å²) in [4.78, 5) is 11.4. The second kappa shape index (κ2) is 6.43. The van der Waals surface area contributed by atoms with E-state index in [1.165, 1.54) is 7.11 Å². The van der Waals surface area contributed by atoms with Crippen LogP contribution in [-0.2, 0) is 14.3 Å². The molecule has 1 heterocycles. The molecule has 0 aliphatic carbocycles. The Kier molecular flexibility index (Phi) is 4.63. The molecule has 5 nitrogen and oxygen atoms in total. The van der Waals surface area contributed by atoms with Crippen LogP contribution in [0.2, 0.25) is 0 Å². The Balaban J connectivity index is 2.06. The topological polar surface area (TPSA) is 65.0 Å². The Morgan fingerprint density at radius 2 is 2.20 bits per heavy atom. The summed E-state index contributed by atoms with van der Waals surface area (Å²) in [6, 6.07) is 5.03. The smallest absolute Gasteiger partial charge is 0.309 e. The van der Waals surface area contributed by atoms with Gasteiger partial charge in [0.15, 0.2) is 11.5 Å². The molecular formula is C15H18O5. The number of cyclic esters (lactones) is 1. The van der Waals surface area contributed by atoms with Crippen LogP contribution < -0.4 is 4.74 Å². The van der Waals surface area contributed by atoms with Gasteiger partial charge in [-0.3, -0.25) is 4.79 Å². The average Bonchev–Trinajstić information content (AvgIpc) is 2.45. The summed E-state index contributed by atoms with van der Waals surface area (Å²) >= 11 is 0. The number of phenolic OH excluding ortho intramolecular Hbond substituents is 1. The molecule has 0 radical (unpaired) electrons. The first-order valence-corrected chi connectivity index (χ1v) is 6.40. The van der Waals surface area contributed by atoms with Crippen molar-refractivity contribution in [1.82, 2.24) is 0 Å². The van der Waals surface area contributed by atoms with E-state index in [1.54, 1.807) is 25.3 Å². The average molecular weight is 278 g/mol. The monoisotopic (exact) mass is 278 g/mol. The van der Waals surface area contributed by atoms with Gasteiger partial charge in [0.25, 0.3) is 0 Å². The van der Waals surface area contributed by atoms with Crippen LogP contribution in [0.15, 0.2) is 24.3 Å². The van der Waals surface area contributed by atoms with Crippen LogP contribution in [0.5, 0.6) is 11.5 Å². The summed E-state index contributed by atoms with van der Waals surface area (Å²) in [5.74, 6) is 0.247. The van der Waals surface area contributed by atoms with E-state index in [9.17, 15) is 9.90 Å². The van der Waals surface area contributed by atoms with E-state index >= 15 is 0 Å². The zero-order valence-corrected chi connectivity index (χ0v) is 11.5. The number of aromatic hydroxyl groups is 1. The molecule has 1 fully saturated rings. The minimum atomic E-state index is -0.291. The molecule has 2 rings (SSSR count). The van der Waals surface area contributed by atoms with Gasteiger partial charge < -0.3 is 19.3 Å². The normalized spacial score (nSPS) is 22.8. The number of esters is 1. The van der Waals surface area contributed by atoms with Crippen molar-refractivity contribution < 1.29 is 24.1 Å². The molecule has 0 spiro atoms. The van der Waals surface area contributed by atoms with Crippen molar-refractivity contribution in [3.05, 3.63) is 29.8 Å². The Bertz CT molecular complexity index is 509. The van der Waals surface area contributed by atoms with Gasteiger partial charge in [0.2, 0.25) is 0 Å². The fourth-order valence-electron chi connectivity index (χ4n) is 2.11. The van der Waals surface area contributed by atoms with E-state index in [1.807, 2.05) is 12.2 Å². The van der Waals surface area contributed by atoms with Gasteiger partial charge in [-0.05, 0) is 23.8 Å². The number of hydrogen-bond donors (Lipinski definition) is 1. The first-order valence-electron chi connectivity index (χ1n) is 6.40. The van der Waals surface area contributed by atoms with Crippen molar-refractivity contribution in [3.63, 3.8) is 0 Å². The van der Waals surface area contributed by atoms with E-state index in [-0.39, 0.29) is 23.9 Å². The van der Waals surface area contributed by atoms with E-state index in [4.69, 9.17) is 14.2 Å². The second-order valence-electron chi connectivity index (χ2n) is 4.62. The minimum Gasteiger partial charge on any atom is -0.504 e. The lowest BCUT2D eigenvalue weighted by atomic mass is 10.0. The zero-order chi connectivity index (χ0) is 14.5. The summed E-state index contributed by atoms with van der Waals surface area (Å²) in [6.45, 7) is 0. The third kappa shape index (κ3) is 3.51. The molecule has 1 N–H and O–H groups in total. The highest BCUT2D eigenvalue weighted by atomic mass is 16.6. The van der Waals surface area contributed by atoms with Crippen LogP contribution in [0.3, 0.4) is 0 Å². The van der Waals surface area contributed by atoms with Crippen LogP contribution >= 0.6 is 0 Å². The van der Waals surface area contributed by atoms with Gasteiger partial charge in [0, 0.05) is 13.5 Å². The summed E-state index contributed by atoms with van der Waals surface area (Å²) < 4.78 is 15.5. The fourth-order valence-corrected chi connectivity index (χ4v) is 2.11. The lowest BCUT2D eigenvalue weighted by molar-refractivity contribution is -0.157. The van der Waals surface area contributed by atoms with Gasteiger partial charge >= 0.3 is 5.97 Å². The largest absolute Gasteiger partial charge is 0.504 e. The fraction of sp³-hybridized carbons (Fsp3) is 0.400. The van der Waals surface area contributed by atoms with E-state index in [0.29, 0.717) is 18.6 Å². The Morgan fingerprint density at radius 1 is 1.40 bits per heavy atom. The molecule has 0 unspecified atom stereocenters. The number of hydrogen-bond acceptors (Lipinski definition) is 5. The SMILES string of the molecule is COc1cc(/C=C/[C@@H]2C[C@@H](OC)CC(=O)O2)ccc1O. The molecule has 0 amide bonds. The standard InChI is InChI=1S/C15H18O5/c1-18-12-8-11(20-15(17)9-12)5-3-10-4-6-13(16)14(7-10)19-2/h3-7,11-12,16H,8-9H2,1-2H3/b5-3+/t11-,12-/m1/s1. The molecule has 1 aromatic carbocycles. The predicted molar refractivity (Wildman–Crippen MR) is 73.6 cm³/mol.